The van der Waals surface area contributed by atoms with E-state index in [1.807, 2.05) is 30.3 Å². The maximum atomic E-state index is 10.9. The molecule has 0 aliphatic carbocycles. The Morgan fingerprint density at radius 1 is 1.19 bits per heavy atom. The van der Waals surface area contributed by atoms with Crippen molar-refractivity contribution < 1.29 is 14.1 Å². The van der Waals surface area contributed by atoms with Crippen LogP contribution in [0.3, 0.4) is 0 Å². The Bertz CT molecular complexity index is 1110. The highest BCUT2D eigenvalue weighted by atomic mass is 32.1. The maximum Gasteiger partial charge on any atom is 0.269 e. The summed E-state index contributed by atoms with van der Waals surface area (Å²) in [6.45, 7) is 1.45. The highest BCUT2D eigenvalue weighted by Gasteiger charge is 2.42. The van der Waals surface area contributed by atoms with Gasteiger partial charge < -0.3 is 19.4 Å². The van der Waals surface area contributed by atoms with E-state index in [1.165, 1.54) is 12.1 Å². The molecule has 2 aliphatic rings. The average molecular weight is 451 g/mol. The molecule has 2 saturated heterocycles. The fraction of sp³-hybridized carbons (Fsp3) is 0.304. The molecule has 0 bridgehead atoms. The summed E-state index contributed by atoms with van der Waals surface area (Å²) in [7, 11) is 0. The summed E-state index contributed by atoms with van der Waals surface area (Å²) in [5.41, 5.74) is 1.70. The molecule has 2 fully saturated rings. The molecule has 9 heteroatoms. The van der Waals surface area contributed by atoms with Crippen LogP contribution >= 0.6 is 12.2 Å². The molecule has 2 aromatic heterocycles. The van der Waals surface area contributed by atoms with Gasteiger partial charge in [0.15, 0.2) is 5.11 Å². The van der Waals surface area contributed by atoms with Gasteiger partial charge >= 0.3 is 0 Å². The van der Waals surface area contributed by atoms with Gasteiger partial charge in [-0.2, -0.15) is 0 Å². The SMILES string of the molecule is O=[N+]([O-])c1ccc(-c2ccc([C@H]3[C@@H](c4ccccn4)NC(=S)N3C[C@@H]3CCCO3)o2)cc1. The number of rotatable bonds is 6. The Morgan fingerprint density at radius 3 is 2.72 bits per heavy atom. The van der Waals surface area contributed by atoms with E-state index in [-0.39, 0.29) is 23.9 Å². The van der Waals surface area contributed by atoms with Crippen LogP contribution in [0.5, 0.6) is 0 Å². The minimum absolute atomic E-state index is 0.0452. The Morgan fingerprint density at radius 2 is 2.03 bits per heavy atom. The lowest BCUT2D eigenvalue weighted by atomic mass is 10.0. The van der Waals surface area contributed by atoms with Gasteiger partial charge in [0.25, 0.3) is 5.69 Å². The quantitative estimate of drug-likeness (QED) is 0.336. The van der Waals surface area contributed by atoms with Crippen molar-refractivity contribution in [1.82, 2.24) is 15.2 Å². The predicted octanol–water partition coefficient (Wildman–Crippen LogP) is 4.40. The van der Waals surface area contributed by atoms with Gasteiger partial charge in [0.05, 0.1) is 22.8 Å². The van der Waals surface area contributed by atoms with E-state index < -0.39 is 4.92 Å². The molecule has 32 heavy (non-hydrogen) atoms. The summed E-state index contributed by atoms with van der Waals surface area (Å²) in [6.07, 6.45) is 3.96. The Hall–Kier alpha value is -3.30. The number of nitrogens with one attached hydrogen (secondary N) is 1. The summed E-state index contributed by atoms with van der Waals surface area (Å²) in [6, 6.07) is 15.6. The van der Waals surface area contributed by atoms with Gasteiger partial charge in [-0.25, -0.2) is 0 Å². The van der Waals surface area contributed by atoms with Crippen LogP contribution in [0.25, 0.3) is 11.3 Å². The van der Waals surface area contributed by atoms with E-state index in [1.54, 1.807) is 18.3 Å². The molecule has 4 heterocycles. The van der Waals surface area contributed by atoms with E-state index in [4.69, 9.17) is 21.4 Å². The maximum absolute atomic E-state index is 10.9. The van der Waals surface area contributed by atoms with Gasteiger partial charge in [0.2, 0.25) is 0 Å². The van der Waals surface area contributed by atoms with Crippen LogP contribution in [0.1, 0.15) is 36.4 Å². The number of pyridine rings is 1. The molecule has 0 saturated carbocycles. The number of benzene rings is 1. The molecule has 1 aromatic carbocycles. The van der Waals surface area contributed by atoms with Crippen LogP contribution in [-0.2, 0) is 4.74 Å². The number of hydrogen-bond acceptors (Lipinski definition) is 6. The van der Waals surface area contributed by atoms with Gasteiger partial charge in [-0.15, -0.1) is 0 Å². The summed E-state index contributed by atoms with van der Waals surface area (Å²) in [5, 5.41) is 15.0. The molecular weight excluding hydrogens is 428 g/mol. The third-order valence-corrected chi connectivity index (χ3v) is 6.26. The Labute approximate surface area is 190 Å². The first-order valence-corrected chi connectivity index (χ1v) is 11.0. The monoisotopic (exact) mass is 450 g/mol. The second-order valence-electron chi connectivity index (χ2n) is 7.92. The number of nitro benzene ring substituents is 1. The number of ether oxygens (including phenoxy) is 1. The van der Waals surface area contributed by atoms with Crippen LogP contribution < -0.4 is 5.32 Å². The number of non-ortho nitro benzene ring substituents is 1. The van der Waals surface area contributed by atoms with E-state index in [0.29, 0.717) is 17.4 Å². The number of furan rings is 1. The molecule has 164 valence electrons. The first kappa shape index (κ1) is 20.6. The van der Waals surface area contributed by atoms with Gasteiger partial charge in [-0.1, -0.05) is 6.07 Å². The molecule has 0 amide bonds. The number of hydrogen-bond donors (Lipinski definition) is 1. The largest absolute Gasteiger partial charge is 0.459 e. The molecule has 3 aromatic rings. The normalized spacial score (nSPS) is 22.8. The Balaban J connectivity index is 1.48. The summed E-state index contributed by atoms with van der Waals surface area (Å²) < 4.78 is 12.1. The molecular formula is C23H22N4O4S. The van der Waals surface area contributed by atoms with E-state index in [9.17, 15) is 10.1 Å². The molecule has 0 radical (unpaired) electrons. The number of nitro groups is 1. The van der Waals surface area contributed by atoms with Gasteiger partial charge in [0.1, 0.15) is 17.6 Å². The molecule has 3 atom stereocenters. The van der Waals surface area contributed by atoms with Crippen molar-refractivity contribution in [2.24, 2.45) is 0 Å². The minimum atomic E-state index is -0.414. The number of nitrogens with zero attached hydrogens (tertiary/aromatic N) is 3. The molecule has 5 rings (SSSR count). The zero-order chi connectivity index (χ0) is 22.1. The molecule has 0 spiro atoms. The van der Waals surface area contributed by atoms with Crippen molar-refractivity contribution in [3.05, 3.63) is 82.4 Å². The smallest absolute Gasteiger partial charge is 0.269 e. The summed E-state index contributed by atoms with van der Waals surface area (Å²) in [5.74, 6) is 1.39. The Kier molecular flexibility index (Phi) is 5.59. The fourth-order valence-electron chi connectivity index (χ4n) is 4.33. The molecule has 8 nitrogen and oxygen atoms in total. The lowest BCUT2D eigenvalue weighted by Gasteiger charge is -2.28. The van der Waals surface area contributed by atoms with Crippen LogP contribution in [0.4, 0.5) is 5.69 Å². The first-order chi connectivity index (χ1) is 15.6. The van der Waals surface area contributed by atoms with Crippen molar-refractivity contribution in [3.63, 3.8) is 0 Å². The van der Waals surface area contributed by atoms with Crippen LogP contribution in [0.15, 0.2) is 65.2 Å². The standard InChI is InChI=1S/C23H22N4O4S/c28-27(29)16-8-6-15(7-9-16)19-10-11-20(31-19)22-21(18-5-1-2-12-24-18)25-23(32)26(22)14-17-4-3-13-30-17/h1-2,5-12,17,21-22H,3-4,13-14H2,(H,25,32)/t17-,21+,22-/m0/s1. The highest BCUT2D eigenvalue weighted by molar-refractivity contribution is 7.80. The highest BCUT2D eigenvalue weighted by Crippen LogP contribution is 2.41. The molecule has 2 aliphatic heterocycles. The van der Waals surface area contributed by atoms with E-state index >= 15 is 0 Å². The minimum Gasteiger partial charge on any atom is -0.459 e. The van der Waals surface area contributed by atoms with Crippen molar-refractivity contribution >= 4 is 23.0 Å². The molecule has 0 unspecified atom stereocenters. The zero-order valence-electron chi connectivity index (χ0n) is 17.2. The molecule has 1 N–H and O–H groups in total. The van der Waals surface area contributed by atoms with Crippen molar-refractivity contribution in [3.8, 4) is 11.3 Å². The first-order valence-electron chi connectivity index (χ1n) is 10.5. The topological polar surface area (TPSA) is 93.7 Å². The van der Waals surface area contributed by atoms with Gasteiger partial charge in [-0.05, 0) is 61.5 Å². The second kappa shape index (κ2) is 8.68. The van der Waals surface area contributed by atoms with Crippen molar-refractivity contribution in [2.45, 2.75) is 31.0 Å². The second-order valence-corrected chi connectivity index (χ2v) is 8.31. The summed E-state index contributed by atoms with van der Waals surface area (Å²) >= 11 is 5.69. The lowest BCUT2D eigenvalue weighted by molar-refractivity contribution is -0.384. The lowest BCUT2D eigenvalue weighted by Crippen LogP contribution is -2.36. The predicted molar refractivity (Wildman–Crippen MR) is 122 cm³/mol. The zero-order valence-corrected chi connectivity index (χ0v) is 18.0. The number of aromatic nitrogens is 1. The third kappa shape index (κ3) is 3.96. The fourth-order valence-corrected chi connectivity index (χ4v) is 4.65. The van der Waals surface area contributed by atoms with Crippen molar-refractivity contribution in [1.29, 1.82) is 0 Å². The average Bonchev–Trinajstić information content (AvgIpc) is 3.56. The van der Waals surface area contributed by atoms with Gasteiger partial charge in [-0.3, -0.25) is 15.1 Å². The summed E-state index contributed by atoms with van der Waals surface area (Å²) in [4.78, 5) is 17.2. The van der Waals surface area contributed by atoms with Crippen LogP contribution in [0.2, 0.25) is 0 Å². The number of thiocarbonyl (C=S) groups is 1. The third-order valence-electron chi connectivity index (χ3n) is 5.90. The van der Waals surface area contributed by atoms with Gasteiger partial charge in [0, 0.05) is 37.0 Å². The van der Waals surface area contributed by atoms with Crippen LogP contribution in [0, 0.1) is 10.1 Å². The van der Waals surface area contributed by atoms with Crippen molar-refractivity contribution in [2.75, 3.05) is 13.2 Å². The van der Waals surface area contributed by atoms with E-state index in [0.717, 1.165) is 36.5 Å². The van der Waals surface area contributed by atoms with E-state index in [2.05, 4.69) is 15.2 Å². The van der Waals surface area contributed by atoms with Crippen LogP contribution in [-0.4, -0.2) is 39.2 Å².